The van der Waals surface area contributed by atoms with Gasteiger partial charge in [-0.3, -0.25) is 0 Å². The van der Waals surface area contributed by atoms with E-state index < -0.39 is 0 Å². The molecule has 118 valence electrons. The van der Waals surface area contributed by atoms with Gasteiger partial charge in [0.05, 0.1) is 0 Å². The van der Waals surface area contributed by atoms with Gasteiger partial charge in [0.1, 0.15) is 11.3 Å². The maximum Gasteiger partial charge on any atom is 0.160 e. The Hall–Kier alpha value is -1.07. The van der Waals surface area contributed by atoms with Gasteiger partial charge in [-0.2, -0.15) is 11.8 Å². The predicted octanol–water partition coefficient (Wildman–Crippen LogP) is 3.61. The summed E-state index contributed by atoms with van der Waals surface area (Å²) in [6.07, 6.45) is 8.12. The molecule has 2 saturated heterocycles. The molecule has 0 aromatic carbocycles. The maximum absolute atomic E-state index is 5.53. The quantitative estimate of drug-likeness (QED) is 0.867. The van der Waals surface area contributed by atoms with Gasteiger partial charge < -0.3 is 9.30 Å². The highest BCUT2D eigenvalue weighted by atomic mass is 32.2. The molecule has 0 N–H and O–H groups in total. The first kappa shape index (κ1) is 14.5. The number of thioether (sulfide) groups is 1. The molecule has 0 amide bonds. The molecule has 2 aromatic heterocycles. The lowest BCUT2D eigenvalue weighted by molar-refractivity contribution is 0.0829. The van der Waals surface area contributed by atoms with Crippen molar-refractivity contribution in [1.29, 1.82) is 0 Å². The molecule has 0 bridgehead atoms. The highest BCUT2D eigenvalue weighted by molar-refractivity contribution is 7.99. The van der Waals surface area contributed by atoms with Crippen molar-refractivity contribution < 1.29 is 4.74 Å². The normalized spacial score (nSPS) is 23.9. The molecule has 4 rings (SSSR count). The molecule has 1 atom stereocenters. The van der Waals surface area contributed by atoms with Gasteiger partial charge in [0.15, 0.2) is 5.65 Å². The van der Waals surface area contributed by atoms with Crippen LogP contribution < -0.4 is 0 Å². The Bertz CT molecular complexity index is 630. The molecule has 2 aliphatic heterocycles. The summed E-state index contributed by atoms with van der Waals surface area (Å²) >= 11 is 2.12. The second-order valence-corrected chi connectivity index (χ2v) is 7.71. The number of rotatable bonds is 3. The fraction of sp³-hybridized carbons (Fsp3) is 0.647. The van der Waals surface area contributed by atoms with Crippen LogP contribution in [0.4, 0.5) is 0 Å². The summed E-state index contributed by atoms with van der Waals surface area (Å²) in [6.45, 7) is 2.78. The van der Waals surface area contributed by atoms with Gasteiger partial charge >= 0.3 is 0 Å². The summed E-state index contributed by atoms with van der Waals surface area (Å²) in [4.78, 5) is 9.56. The molecule has 2 fully saturated rings. The molecule has 2 aromatic rings. The lowest BCUT2D eigenvalue weighted by Gasteiger charge is -2.26. The zero-order chi connectivity index (χ0) is 14.8. The fourth-order valence-corrected chi connectivity index (χ4v) is 4.87. The van der Waals surface area contributed by atoms with Crippen LogP contribution in [0.15, 0.2) is 18.3 Å². The van der Waals surface area contributed by atoms with Crippen LogP contribution in [0.5, 0.6) is 0 Å². The largest absolute Gasteiger partial charge is 0.381 e. The first-order chi connectivity index (χ1) is 10.9. The van der Waals surface area contributed by atoms with Gasteiger partial charge in [-0.15, -0.1) is 0 Å². The lowest BCUT2D eigenvalue weighted by Crippen LogP contribution is -2.22. The van der Waals surface area contributed by atoms with E-state index in [9.17, 15) is 0 Å². The standard InChI is InChI=1S/C17H23N3OS/c1-2-11-22-14(4-1)12-20-16(13-6-9-21-10-7-13)19-15-5-3-8-18-17(15)20/h3,5,8,13-14H,1-2,4,6-7,9-12H2. The molecule has 4 nitrogen and oxygen atoms in total. The Morgan fingerprint density at radius 3 is 2.95 bits per heavy atom. The Balaban J connectivity index is 1.69. The third kappa shape index (κ3) is 2.88. The van der Waals surface area contributed by atoms with Crippen LogP contribution in [-0.4, -0.2) is 38.8 Å². The van der Waals surface area contributed by atoms with E-state index >= 15 is 0 Å². The Morgan fingerprint density at radius 1 is 1.23 bits per heavy atom. The minimum Gasteiger partial charge on any atom is -0.381 e. The van der Waals surface area contributed by atoms with Crippen molar-refractivity contribution in [3.63, 3.8) is 0 Å². The van der Waals surface area contributed by atoms with Crippen LogP contribution in [0.1, 0.15) is 43.8 Å². The summed E-state index contributed by atoms with van der Waals surface area (Å²) in [7, 11) is 0. The smallest absolute Gasteiger partial charge is 0.160 e. The van der Waals surface area contributed by atoms with Gasteiger partial charge in [0.25, 0.3) is 0 Å². The first-order valence-corrected chi connectivity index (χ1v) is 9.47. The molecule has 4 heterocycles. The maximum atomic E-state index is 5.53. The highest BCUT2D eigenvalue weighted by Crippen LogP contribution is 2.32. The van der Waals surface area contributed by atoms with E-state index in [1.54, 1.807) is 0 Å². The summed E-state index contributed by atoms with van der Waals surface area (Å²) in [5, 5.41) is 0.715. The number of pyridine rings is 1. The zero-order valence-electron chi connectivity index (χ0n) is 12.9. The van der Waals surface area contributed by atoms with E-state index in [2.05, 4.69) is 27.4 Å². The topological polar surface area (TPSA) is 39.9 Å². The molecular formula is C17H23N3OS. The molecule has 1 unspecified atom stereocenters. The van der Waals surface area contributed by atoms with Crippen LogP contribution in [0.2, 0.25) is 0 Å². The second-order valence-electron chi connectivity index (χ2n) is 6.30. The van der Waals surface area contributed by atoms with Crippen molar-refractivity contribution in [2.24, 2.45) is 0 Å². The predicted molar refractivity (Wildman–Crippen MR) is 90.4 cm³/mol. The Morgan fingerprint density at radius 2 is 2.14 bits per heavy atom. The van der Waals surface area contributed by atoms with E-state index in [1.807, 2.05) is 12.3 Å². The minimum absolute atomic E-state index is 0.525. The van der Waals surface area contributed by atoms with E-state index in [1.165, 1.54) is 30.8 Å². The molecule has 22 heavy (non-hydrogen) atoms. The van der Waals surface area contributed by atoms with Crippen molar-refractivity contribution >= 4 is 22.9 Å². The summed E-state index contributed by atoms with van der Waals surface area (Å²) < 4.78 is 7.94. The number of nitrogens with zero attached hydrogens (tertiary/aromatic N) is 3. The molecule has 0 spiro atoms. The Labute approximate surface area is 135 Å². The molecule has 0 radical (unpaired) electrons. The molecule has 0 aliphatic carbocycles. The summed E-state index contributed by atoms with van der Waals surface area (Å²) in [6, 6.07) is 4.08. The lowest BCUT2D eigenvalue weighted by atomic mass is 9.99. The number of fused-ring (bicyclic) bond motifs is 1. The number of ether oxygens (including phenoxy) is 1. The van der Waals surface area contributed by atoms with E-state index in [0.29, 0.717) is 11.2 Å². The SMILES string of the molecule is c1cnc2c(c1)nc(C1CCOCC1)n2CC1CCCCS1. The summed E-state index contributed by atoms with van der Waals surface area (Å²) in [5.41, 5.74) is 2.11. The Kier molecular flexibility index (Phi) is 4.35. The van der Waals surface area contributed by atoms with Gasteiger partial charge in [0.2, 0.25) is 0 Å². The molecule has 2 aliphatic rings. The average molecular weight is 317 g/mol. The molecule has 0 saturated carbocycles. The van der Waals surface area contributed by atoms with Gasteiger partial charge in [0, 0.05) is 37.1 Å². The molecule has 5 heteroatoms. The van der Waals surface area contributed by atoms with Crippen molar-refractivity contribution in [2.45, 2.75) is 49.8 Å². The van der Waals surface area contributed by atoms with Crippen molar-refractivity contribution in [1.82, 2.24) is 14.5 Å². The van der Waals surface area contributed by atoms with Crippen LogP contribution in [0, 0.1) is 0 Å². The summed E-state index contributed by atoms with van der Waals surface area (Å²) in [5.74, 6) is 3.07. The first-order valence-electron chi connectivity index (χ1n) is 8.42. The van der Waals surface area contributed by atoms with E-state index in [4.69, 9.17) is 9.72 Å². The van der Waals surface area contributed by atoms with Gasteiger partial charge in [-0.1, -0.05) is 6.42 Å². The van der Waals surface area contributed by atoms with Crippen molar-refractivity contribution in [3.8, 4) is 0 Å². The van der Waals surface area contributed by atoms with Crippen molar-refractivity contribution in [2.75, 3.05) is 19.0 Å². The van der Waals surface area contributed by atoms with Crippen LogP contribution in [0.3, 0.4) is 0 Å². The fourth-order valence-electron chi connectivity index (χ4n) is 3.58. The number of aromatic nitrogens is 3. The van der Waals surface area contributed by atoms with Crippen LogP contribution in [0.25, 0.3) is 11.2 Å². The van der Waals surface area contributed by atoms with Crippen LogP contribution >= 0.6 is 11.8 Å². The third-order valence-corrected chi connectivity index (χ3v) is 6.16. The van der Waals surface area contributed by atoms with E-state index in [0.717, 1.165) is 43.8 Å². The van der Waals surface area contributed by atoms with Crippen LogP contribution in [-0.2, 0) is 11.3 Å². The minimum atomic E-state index is 0.525. The van der Waals surface area contributed by atoms with E-state index in [-0.39, 0.29) is 0 Å². The third-order valence-electron chi connectivity index (χ3n) is 4.78. The van der Waals surface area contributed by atoms with Gasteiger partial charge in [-0.05, 0) is 43.6 Å². The highest BCUT2D eigenvalue weighted by Gasteiger charge is 2.25. The number of imidazole rings is 1. The number of hydrogen-bond acceptors (Lipinski definition) is 4. The number of hydrogen-bond donors (Lipinski definition) is 0. The monoisotopic (exact) mass is 317 g/mol. The zero-order valence-corrected chi connectivity index (χ0v) is 13.7. The van der Waals surface area contributed by atoms with Crippen molar-refractivity contribution in [3.05, 3.63) is 24.2 Å². The van der Waals surface area contributed by atoms with Gasteiger partial charge in [-0.25, -0.2) is 9.97 Å². The molecular weight excluding hydrogens is 294 g/mol. The second kappa shape index (κ2) is 6.59. The average Bonchev–Trinajstić information content (AvgIpc) is 2.95.